The summed E-state index contributed by atoms with van der Waals surface area (Å²) in [6.07, 6.45) is 0.376. The number of halogens is 3. The van der Waals surface area contributed by atoms with Gasteiger partial charge in [-0.1, -0.05) is 6.07 Å². The summed E-state index contributed by atoms with van der Waals surface area (Å²) < 4.78 is 51.2. The zero-order valence-corrected chi connectivity index (χ0v) is 19.0. The fourth-order valence-electron chi connectivity index (χ4n) is 4.17. The molecule has 1 fully saturated rings. The molecule has 1 aromatic carbocycles. The highest BCUT2D eigenvalue weighted by Crippen LogP contribution is 2.43. The van der Waals surface area contributed by atoms with Crippen molar-refractivity contribution in [2.24, 2.45) is 5.92 Å². The van der Waals surface area contributed by atoms with Gasteiger partial charge >= 0.3 is 6.18 Å². The van der Waals surface area contributed by atoms with Crippen molar-refractivity contribution in [1.29, 1.82) is 0 Å². The van der Waals surface area contributed by atoms with Gasteiger partial charge in [0.1, 0.15) is 23.3 Å². The molecule has 2 aromatic rings. The van der Waals surface area contributed by atoms with Crippen LogP contribution in [0.4, 0.5) is 13.2 Å². The Morgan fingerprint density at radius 3 is 2.76 bits per heavy atom. The summed E-state index contributed by atoms with van der Waals surface area (Å²) in [6.45, 7) is 2.87. The predicted molar refractivity (Wildman–Crippen MR) is 119 cm³/mol. The van der Waals surface area contributed by atoms with Crippen LogP contribution in [0.2, 0.25) is 0 Å². The largest absolute Gasteiger partial charge is 0.486 e. The molecule has 1 unspecified atom stereocenters. The number of hydrogen-bond acceptors (Lipinski definition) is 6. The Hall–Kier alpha value is -2.46. The van der Waals surface area contributed by atoms with Gasteiger partial charge in [0.2, 0.25) is 0 Å². The molecule has 0 spiro atoms. The highest BCUT2D eigenvalue weighted by atomic mass is 32.2. The Labute approximate surface area is 194 Å². The fourth-order valence-corrected chi connectivity index (χ4v) is 4.71. The smallest absolute Gasteiger partial charge is 0.420 e. The standard InChI is InChI=1S/C23H26F3N3O3S/c1-33-22-17(4-3-9-27-22)21(30)28-12-15-7-10-29(11-8-15)13-16-14-31-19-6-2-5-18(20(19)32-16)23(24,25)26/h2-6,9,15-16H,7-8,10-14H2,1H3,(H,28,30). The molecule has 3 heterocycles. The Bertz CT molecular complexity index is 981. The van der Waals surface area contributed by atoms with Crippen molar-refractivity contribution in [3.63, 3.8) is 0 Å². The van der Waals surface area contributed by atoms with E-state index in [1.807, 2.05) is 6.26 Å². The molecule has 1 N–H and O–H groups in total. The molecule has 1 saturated heterocycles. The van der Waals surface area contributed by atoms with E-state index in [1.54, 1.807) is 18.3 Å². The Morgan fingerprint density at radius 1 is 1.24 bits per heavy atom. The van der Waals surface area contributed by atoms with Crippen molar-refractivity contribution < 1.29 is 27.4 Å². The fraction of sp³-hybridized carbons (Fsp3) is 0.478. The van der Waals surface area contributed by atoms with Crippen LogP contribution in [-0.2, 0) is 6.18 Å². The normalized spacial score (nSPS) is 19.3. The second-order valence-corrected chi connectivity index (χ2v) is 8.99. The molecule has 2 aliphatic rings. The SMILES string of the molecule is CSc1ncccc1C(=O)NCC1CCN(CC2COc3cccc(C(F)(F)F)c3O2)CC1. The van der Waals surface area contributed by atoms with Crippen LogP contribution < -0.4 is 14.8 Å². The number of alkyl halides is 3. The number of carbonyl (C=O) groups is 1. The van der Waals surface area contributed by atoms with Crippen LogP contribution in [0.25, 0.3) is 0 Å². The molecule has 10 heteroatoms. The third-order valence-corrected chi connectivity index (χ3v) is 6.63. The summed E-state index contributed by atoms with van der Waals surface area (Å²) in [7, 11) is 0. The minimum absolute atomic E-state index is 0.123. The van der Waals surface area contributed by atoms with Crippen LogP contribution in [0.1, 0.15) is 28.8 Å². The van der Waals surface area contributed by atoms with Crippen LogP contribution in [0.15, 0.2) is 41.6 Å². The summed E-state index contributed by atoms with van der Waals surface area (Å²) in [5.74, 6) is 0.134. The molecule has 2 aliphatic heterocycles. The first-order valence-electron chi connectivity index (χ1n) is 10.8. The molecule has 1 amide bonds. The van der Waals surface area contributed by atoms with Crippen LogP contribution >= 0.6 is 11.8 Å². The molecule has 0 radical (unpaired) electrons. The number of nitrogens with zero attached hydrogens (tertiary/aromatic N) is 2. The number of likely N-dealkylation sites (tertiary alicyclic amines) is 1. The van der Waals surface area contributed by atoms with E-state index in [2.05, 4.69) is 15.2 Å². The van der Waals surface area contributed by atoms with Gasteiger partial charge in [-0.3, -0.25) is 9.69 Å². The zero-order chi connectivity index (χ0) is 23.4. The lowest BCUT2D eigenvalue weighted by Crippen LogP contribution is -2.45. The quantitative estimate of drug-likeness (QED) is 0.627. The average Bonchev–Trinajstić information content (AvgIpc) is 2.82. The van der Waals surface area contributed by atoms with E-state index in [0.29, 0.717) is 29.6 Å². The van der Waals surface area contributed by atoms with Crippen LogP contribution in [0.5, 0.6) is 11.5 Å². The number of piperidine rings is 1. The molecular weight excluding hydrogens is 455 g/mol. The molecule has 0 bridgehead atoms. The molecule has 0 saturated carbocycles. The van der Waals surface area contributed by atoms with Gasteiger partial charge in [0, 0.05) is 19.3 Å². The lowest BCUT2D eigenvalue weighted by molar-refractivity contribution is -0.140. The van der Waals surface area contributed by atoms with Gasteiger partial charge in [0.15, 0.2) is 11.5 Å². The summed E-state index contributed by atoms with van der Waals surface area (Å²) in [5.41, 5.74) is -0.229. The van der Waals surface area contributed by atoms with Gasteiger partial charge in [-0.05, 0) is 62.4 Å². The lowest BCUT2D eigenvalue weighted by atomic mass is 9.96. The molecule has 1 aromatic heterocycles. The van der Waals surface area contributed by atoms with Crippen LogP contribution in [0.3, 0.4) is 0 Å². The molecule has 33 heavy (non-hydrogen) atoms. The monoisotopic (exact) mass is 481 g/mol. The predicted octanol–water partition coefficient (Wildman–Crippen LogP) is 4.10. The lowest BCUT2D eigenvalue weighted by Gasteiger charge is -2.36. The van der Waals surface area contributed by atoms with Crippen LogP contribution in [-0.4, -0.2) is 60.9 Å². The van der Waals surface area contributed by atoms with E-state index in [1.165, 1.54) is 23.9 Å². The maximum Gasteiger partial charge on any atom is 0.420 e. The topological polar surface area (TPSA) is 63.7 Å². The molecule has 0 aliphatic carbocycles. The minimum atomic E-state index is -4.49. The molecular formula is C23H26F3N3O3S. The minimum Gasteiger partial charge on any atom is -0.486 e. The van der Waals surface area contributed by atoms with Crippen molar-refractivity contribution >= 4 is 17.7 Å². The Kier molecular flexibility index (Phi) is 7.33. The second-order valence-electron chi connectivity index (χ2n) is 8.20. The van der Waals surface area contributed by atoms with E-state index < -0.39 is 17.8 Å². The molecule has 4 rings (SSSR count). The number of nitrogens with one attached hydrogen (secondary N) is 1. The first-order valence-corrected chi connectivity index (χ1v) is 12.1. The number of carbonyl (C=O) groups excluding carboxylic acids is 1. The van der Waals surface area contributed by atoms with Gasteiger partial charge in [0.05, 0.1) is 5.56 Å². The highest BCUT2D eigenvalue weighted by molar-refractivity contribution is 7.98. The summed E-state index contributed by atoms with van der Waals surface area (Å²) in [5, 5.41) is 3.71. The number of amides is 1. The highest BCUT2D eigenvalue weighted by Gasteiger charge is 2.38. The number of ether oxygens (including phenoxy) is 2. The number of fused-ring (bicyclic) bond motifs is 1. The van der Waals surface area contributed by atoms with E-state index in [-0.39, 0.29) is 24.0 Å². The van der Waals surface area contributed by atoms with E-state index in [0.717, 1.165) is 32.0 Å². The number of hydrogen-bond donors (Lipinski definition) is 1. The van der Waals surface area contributed by atoms with Gasteiger partial charge in [-0.15, -0.1) is 11.8 Å². The average molecular weight is 482 g/mol. The van der Waals surface area contributed by atoms with Gasteiger partial charge in [-0.2, -0.15) is 13.2 Å². The number of pyridine rings is 1. The Morgan fingerprint density at radius 2 is 2.03 bits per heavy atom. The first-order chi connectivity index (χ1) is 15.8. The molecule has 6 nitrogen and oxygen atoms in total. The first kappa shape index (κ1) is 23.7. The van der Waals surface area contributed by atoms with E-state index in [9.17, 15) is 18.0 Å². The van der Waals surface area contributed by atoms with Crippen molar-refractivity contribution in [2.45, 2.75) is 30.1 Å². The maximum absolute atomic E-state index is 13.3. The molecule has 1 atom stereocenters. The number of aromatic nitrogens is 1. The van der Waals surface area contributed by atoms with Crippen molar-refractivity contribution in [1.82, 2.24) is 15.2 Å². The van der Waals surface area contributed by atoms with E-state index >= 15 is 0 Å². The number of rotatable bonds is 6. The summed E-state index contributed by atoms with van der Waals surface area (Å²) >= 11 is 1.44. The summed E-state index contributed by atoms with van der Waals surface area (Å²) in [4.78, 5) is 18.9. The zero-order valence-electron chi connectivity index (χ0n) is 18.2. The van der Waals surface area contributed by atoms with Gasteiger partial charge in [0.25, 0.3) is 5.91 Å². The second kappa shape index (κ2) is 10.2. The van der Waals surface area contributed by atoms with Gasteiger partial charge < -0.3 is 14.8 Å². The van der Waals surface area contributed by atoms with Crippen molar-refractivity contribution in [2.75, 3.05) is 39.0 Å². The summed E-state index contributed by atoms with van der Waals surface area (Å²) in [6, 6.07) is 7.35. The Balaban J connectivity index is 1.25. The molecule has 178 valence electrons. The number of para-hydroxylation sites is 1. The van der Waals surface area contributed by atoms with E-state index in [4.69, 9.17) is 9.47 Å². The van der Waals surface area contributed by atoms with Crippen molar-refractivity contribution in [3.05, 3.63) is 47.7 Å². The number of benzene rings is 1. The van der Waals surface area contributed by atoms with Crippen molar-refractivity contribution in [3.8, 4) is 11.5 Å². The number of thioether (sulfide) groups is 1. The van der Waals surface area contributed by atoms with Gasteiger partial charge in [-0.25, -0.2) is 4.98 Å². The third kappa shape index (κ3) is 5.73. The maximum atomic E-state index is 13.3. The third-order valence-electron chi connectivity index (χ3n) is 5.92. The van der Waals surface area contributed by atoms with Crippen LogP contribution in [0, 0.1) is 5.92 Å².